The highest BCUT2D eigenvalue weighted by Crippen LogP contribution is 2.40. The number of hydrogen-bond donors (Lipinski definition) is 0. The van der Waals surface area contributed by atoms with Crippen LogP contribution in [0.2, 0.25) is 5.02 Å². The van der Waals surface area contributed by atoms with E-state index >= 15 is 0 Å². The number of benzene rings is 6. The Bertz CT molecular complexity index is 1920. The van der Waals surface area contributed by atoms with Gasteiger partial charge in [0, 0.05) is 25.2 Å². The lowest BCUT2D eigenvalue weighted by molar-refractivity contribution is 1.47. The lowest BCUT2D eigenvalue weighted by Crippen LogP contribution is -1.84. The van der Waals surface area contributed by atoms with Gasteiger partial charge in [0.1, 0.15) is 0 Å². The molecule has 7 rings (SSSR count). The minimum Gasteiger partial charge on any atom is -0.135 e. The zero-order valence-corrected chi connectivity index (χ0v) is 21.9. The van der Waals surface area contributed by atoms with Gasteiger partial charge in [0.25, 0.3) is 0 Å². The molecular formula is C35H23ClS. The standard InChI is InChI=1S/C35H23ClS/c1-22-17-29(21-30(36)18-22)28-16-15-26-19-25(13-14-27(26)20-28)23-9-11-24(12-10-23)31-6-4-7-33-32-5-2-3-8-34(32)37-35(31)33/h2-21H,1H3. The van der Waals surface area contributed by atoms with Crippen molar-refractivity contribution in [3.63, 3.8) is 0 Å². The van der Waals surface area contributed by atoms with E-state index < -0.39 is 0 Å². The highest BCUT2D eigenvalue weighted by molar-refractivity contribution is 7.26. The molecule has 0 amide bonds. The Hall–Kier alpha value is -3.91. The number of thiophene rings is 1. The third-order valence-electron chi connectivity index (χ3n) is 7.15. The molecule has 0 fully saturated rings. The van der Waals surface area contributed by atoms with Gasteiger partial charge < -0.3 is 0 Å². The van der Waals surface area contributed by atoms with E-state index in [1.54, 1.807) is 0 Å². The Morgan fingerprint density at radius 2 is 1.16 bits per heavy atom. The molecule has 1 aromatic heterocycles. The third kappa shape index (κ3) is 4.01. The van der Waals surface area contributed by atoms with E-state index in [9.17, 15) is 0 Å². The minimum atomic E-state index is 0.775. The maximum Gasteiger partial charge on any atom is 0.0433 e. The molecule has 0 aliphatic carbocycles. The van der Waals surface area contributed by atoms with Gasteiger partial charge in [-0.3, -0.25) is 0 Å². The number of aryl methyl sites for hydroxylation is 1. The van der Waals surface area contributed by atoms with Gasteiger partial charge in [-0.1, -0.05) is 103 Å². The Morgan fingerprint density at radius 3 is 1.92 bits per heavy atom. The van der Waals surface area contributed by atoms with Crippen LogP contribution in [0.1, 0.15) is 5.56 Å². The molecule has 0 atom stereocenters. The summed E-state index contributed by atoms with van der Waals surface area (Å²) in [6.45, 7) is 2.08. The monoisotopic (exact) mass is 510 g/mol. The van der Waals surface area contributed by atoms with E-state index in [4.69, 9.17) is 11.6 Å². The van der Waals surface area contributed by atoms with Gasteiger partial charge in [0.15, 0.2) is 0 Å². The lowest BCUT2D eigenvalue weighted by Gasteiger charge is -2.09. The largest absolute Gasteiger partial charge is 0.135 e. The van der Waals surface area contributed by atoms with Gasteiger partial charge in [-0.25, -0.2) is 0 Å². The van der Waals surface area contributed by atoms with Gasteiger partial charge in [-0.05, 0) is 87.0 Å². The molecule has 1 heterocycles. The Morgan fingerprint density at radius 1 is 0.514 bits per heavy atom. The molecule has 6 aromatic carbocycles. The van der Waals surface area contributed by atoms with Crippen LogP contribution in [0, 0.1) is 6.92 Å². The second kappa shape index (κ2) is 8.88. The molecule has 0 radical (unpaired) electrons. The summed E-state index contributed by atoms with van der Waals surface area (Å²) in [6, 6.07) is 43.9. The predicted molar refractivity (Wildman–Crippen MR) is 163 cm³/mol. The van der Waals surface area contributed by atoms with Gasteiger partial charge in [-0.15, -0.1) is 11.3 Å². The van der Waals surface area contributed by atoms with Crippen LogP contribution in [0.4, 0.5) is 0 Å². The Labute approximate surface area is 225 Å². The number of halogens is 1. The smallest absolute Gasteiger partial charge is 0.0433 e. The molecule has 0 unspecified atom stereocenters. The zero-order valence-electron chi connectivity index (χ0n) is 20.3. The van der Waals surface area contributed by atoms with Crippen molar-refractivity contribution in [3.05, 3.63) is 132 Å². The second-order valence-corrected chi connectivity index (χ2v) is 11.1. The number of rotatable bonds is 3. The quantitative estimate of drug-likeness (QED) is 0.221. The van der Waals surface area contributed by atoms with Crippen LogP contribution >= 0.6 is 22.9 Å². The summed E-state index contributed by atoms with van der Waals surface area (Å²) in [7, 11) is 0. The maximum atomic E-state index is 6.30. The maximum absolute atomic E-state index is 6.30. The molecule has 2 heteroatoms. The molecule has 0 aliphatic heterocycles. The predicted octanol–water partition coefficient (Wildman–Crippen LogP) is 11.2. The van der Waals surface area contributed by atoms with Crippen LogP contribution in [0.25, 0.3) is 64.3 Å². The van der Waals surface area contributed by atoms with Crippen molar-refractivity contribution in [2.75, 3.05) is 0 Å². The second-order valence-electron chi connectivity index (χ2n) is 9.65. The van der Waals surface area contributed by atoms with Crippen molar-refractivity contribution in [3.8, 4) is 33.4 Å². The highest BCUT2D eigenvalue weighted by atomic mass is 35.5. The molecule has 0 bridgehead atoms. The van der Waals surface area contributed by atoms with Crippen LogP contribution in [-0.4, -0.2) is 0 Å². The average molecular weight is 511 g/mol. The zero-order chi connectivity index (χ0) is 24.9. The van der Waals surface area contributed by atoms with Crippen molar-refractivity contribution in [1.29, 1.82) is 0 Å². The first-order chi connectivity index (χ1) is 18.1. The van der Waals surface area contributed by atoms with E-state index in [0.29, 0.717) is 0 Å². The fourth-order valence-corrected chi connectivity index (χ4v) is 6.85. The van der Waals surface area contributed by atoms with E-state index in [1.807, 2.05) is 23.5 Å². The molecule has 7 aromatic rings. The molecule has 0 spiro atoms. The van der Waals surface area contributed by atoms with Crippen molar-refractivity contribution in [1.82, 2.24) is 0 Å². The molecule has 176 valence electrons. The van der Waals surface area contributed by atoms with Gasteiger partial charge in [0.05, 0.1) is 0 Å². The molecule has 0 saturated heterocycles. The SMILES string of the molecule is Cc1cc(Cl)cc(-c2ccc3cc(-c4ccc(-c5cccc6c5sc5ccccc56)cc4)ccc3c2)c1. The first-order valence-corrected chi connectivity index (χ1v) is 13.6. The van der Waals surface area contributed by atoms with Crippen LogP contribution in [0.15, 0.2) is 121 Å². The van der Waals surface area contributed by atoms with E-state index in [1.165, 1.54) is 64.3 Å². The number of fused-ring (bicyclic) bond motifs is 4. The summed E-state index contributed by atoms with van der Waals surface area (Å²) in [4.78, 5) is 0. The molecule has 0 saturated carbocycles. The normalized spacial score (nSPS) is 11.5. The van der Waals surface area contributed by atoms with Crippen molar-refractivity contribution < 1.29 is 0 Å². The Balaban J connectivity index is 1.23. The topological polar surface area (TPSA) is 0 Å². The van der Waals surface area contributed by atoms with Crippen LogP contribution in [0.3, 0.4) is 0 Å². The average Bonchev–Trinajstić information content (AvgIpc) is 3.31. The fraction of sp³-hybridized carbons (Fsp3) is 0.0286. The molecule has 37 heavy (non-hydrogen) atoms. The van der Waals surface area contributed by atoms with E-state index in [0.717, 1.165) is 10.6 Å². The summed E-state index contributed by atoms with van der Waals surface area (Å²) in [5, 5.41) is 5.92. The summed E-state index contributed by atoms with van der Waals surface area (Å²) in [5.41, 5.74) is 8.51. The molecule has 0 N–H and O–H groups in total. The van der Waals surface area contributed by atoms with Crippen molar-refractivity contribution >= 4 is 53.9 Å². The van der Waals surface area contributed by atoms with E-state index in [-0.39, 0.29) is 0 Å². The summed E-state index contributed by atoms with van der Waals surface area (Å²) in [6.07, 6.45) is 0. The van der Waals surface area contributed by atoms with Gasteiger partial charge >= 0.3 is 0 Å². The first kappa shape index (κ1) is 22.3. The number of hydrogen-bond acceptors (Lipinski definition) is 1. The van der Waals surface area contributed by atoms with Crippen LogP contribution in [0.5, 0.6) is 0 Å². The van der Waals surface area contributed by atoms with Crippen molar-refractivity contribution in [2.45, 2.75) is 6.92 Å². The van der Waals surface area contributed by atoms with E-state index in [2.05, 4.69) is 116 Å². The lowest BCUT2D eigenvalue weighted by atomic mass is 9.96. The third-order valence-corrected chi connectivity index (χ3v) is 8.59. The van der Waals surface area contributed by atoms with Crippen LogP contribution < -0.4 is 0 Å². The van der Waals surface area contributed by atoms with Crippen molar-refractivity contribution in [2.24, 2.45) is 0 Å². The summed E-state index contributed by atoms with van der Waals surface area (Å²) in [5.74, 6) is 0. The highest BCUT2D eigenvalue weighted by Gasteiger charge is 2.10. The van der Waals surface area contributed by atoms with Crippen LogP contribution in [-0.2, 0) is 0 Å². The Kier molecular flexibility index (Phi) is 5.35. The first-order valence-electron chi connectivity index (χ1n) is 12.4. The minimum absolute atomic E-state index is 0.775. The fourth-order valence-electron chi connectivity index (χ4n) is 5.32. The van der Waals surface area contributed by atoms with Gasteiger partial charge in [0.2, 0.25) is 0 Å². The summed E-state index contributed by atoms with van der Waals surface area (Å²) < 4.78 is 2.69. The molecular weight excluding hydrogens is 488 g/mol. The molecule has 0 nitrogen and oxygen atoms in total. The van der Waals surface area contributed by atoms with Gasteiger partial charge in [-0.2, -0.15) is 0 Å². The molecule has 0 aliphatic rings. The summed E-state index contributed by atoms with van der Waals surface area (Å²) >= 11 is 8.18.